The molecule has 0 fully saturated rings. The molecule has 0 aliphatic rings. The average Bonchev–Trinajstić information content (AvgIpc) is 2.85. The van der Waals surface area contributed by atoms with Gasteiger partial charge in [0.15, 0.2) is 0 Å². The predicted molar refractivity (Wildman–Crippen MR) is 83.6 cm³/mol. The zero-order chi connectivity index (χ0) is 13.7. The van der Waals surface area contributed by atoms with E-state index in [9.17, 15) is 4.79 Å². The number of carbonyl (C=O) groups excluding carboxylic acids is 1. The van der Waals surface area contributed by atoms with Crippen LogP contribution in [0.1, 0.15) is 11.3 Å². The van der Waals surface area contributed by atoms with Gasteiger partial charge in [-0.3, -0.25) is 4.79 Å². The van der Waals surface area contributed by atoms with E-state index in [1.807, 2.05) is 17.5 Å². The third-order valence-corrected chi connectivity index (χ3v) is 5.10. The number of nitrogens with one attached hydrogen (secondary N) is 1. The lowest BCUT2D eigenvalue weighted by Crippen LogP contribution is -2.19. The minimum atomic E-state index is -0.00485. The molecular formula is C13H13BrN2OS2. The number of hydrogen-bond acceptors (Lipinski definition) is 4. The maximum Gasteiger partial charge on any atom is 0.225 e. The van der Waals surface area contributed by atoms with Gasteiger partial charge in [-0.15, -0.1) is 11.3 Å². The van der Waals surface area contributed by atoms with Crippen molar-refractivity contribution in [3.8, 4) is 0 Å². The molecule has 1 aromatic heterocycles. The van der Waals surface area contributed by atoms with Crippen LogP contribution in [-0.4, -0.2) is 17.9 Å². The van der Waals surface area contributed by atoms with Gasteiger partial charge in [0, 0.05) is 22.7 Å². The molecule has 0 atom stereocenters. The molecule has 0 radical (unpaired) electrons. The first kappa shape index (κ1) is 14.6. The van der Waals surface area contributed by atoms with Gasteiger partial charge in [0.25, 0.3) is 0 Å². The summed E-state index contributed by atoms with van der Waals surface area (Å²) in [5.41, 5.74) is 2.10. The summed E-state index contributed by atoms with van der Waals surface area (Å²) in [5, 5.41) is 4.54. The predicted octanol–water partition coefficient (Wildman–Crippen LogP) is 3.49. The Balaban J connectivity index is 1.89. The fraction of sp³-hybridized carbons (Fsp3) is 0.231. The molecule has 0 bridgehead atoms. The number of likely N-dealkylation sites (N-methyl/N-ethyl adjacent to an activating group) is 1. The summed E-state index contributed by atoms with van der Waals surface area (Å²) in [5.74, 6) is 0.884. The highest BCUT2D eigenvalue weighted by atomic mass is 79.9. The fourth-order valence-electron chi connectivity index (χ4n) is 1.41. The highest BCUT2D eigenvalue weighted by Gasteiger charge is 2.06. The van der Waals surface area contributed by atoms with Crippen molar-refractivity contribution >= 4 is 44.9 Å². The van der Waals surface area contributed by atoms with E-state index in [0.29, 0.717) is 6.42 Å². The highest BCUT2D eigenvalue weighted by molar-refractivity contribution is 9.10. The largest absolute Gasteiger partial charge is 0.359 e. The van der Waals surface area contributed by atoms with E-state index in [1.54, 1.807) is 30.1 Å². The molecule has 1 aromatic carbocycles. The van der Waals surface area contributed by atoms with Crippen LogP contribution in [0.15, 0.2) is 38.5 Å². The third-order valence-electron chi connectivity index (χ3n) is 2.43. The van der Waals surface area contributed by atoms with Crippen LogP contribution in [0.25, 0.3) is 0 Å². The molecule has 1 heterocycles. The average molecular weight is 357 g/mol. The topological polar surface area (TPSA) is 42.0 Å². The molecule has 3 nitrogen and oxygen atoms in total. The van der Waals surface area contributed by atoms with Crippen LogP contribution in [0, 0.1) is 0 Å². The number of amides is 1. The van der Waals surface area contributed by atoms with Crippen molar-refractivity contribution in [2.75, 3.05) is 7.05 Å². The maximum atomic E-state index is 11.2. The Hall–Kier alpha value is -0.850. The zero-order valence-electron chi connectivity index (χ0n) is 10.4. The van der Waals surface area contributed by atoms with E-state index in [2.05, 4.69) is 38.4 Å². The van der Waals surface area contributed by atoms with Crippen molar-refractivity contribution in [3.05, 3.63) is 45.4 Å². The molecule has 6 heteroatoms. The molecule has 1 amide bonds. The van der Waals surface area contributed by atoms with Crippen LogP contribution >= 0.6 is 39.0 Å². The van der Waals surface area contributed by atoms with Gasteiger partial charge in [0.2, 0.25) is 5.91 Å². The van der Waals surface area contributed by atoms with E-state index in [4.69, 9.17) is 0 Å². The van der Waals surface area contributed by atoms with Crippen LogP contribution in [0.2, 0.25) is 0 Å². The minimum absolute atomic E-state index is 0.00485. The molecule has 0 spiro atoms. The normalized spacial score (nSPS) is 10.4. The summed E-state index contributed by atoms with van der Waals surface area (Å²) in [6, 6.07) is 8.26. The van der Waals surface area contributed by atoms with Gasteiger partial charge in [0.1, 0.15) is 4.34 Å². The number of rotatable bonds is 5. The molecule has 1 N–H and O–H groups in total. The number of thiazole rings is 1. The van der Waals surface area contributed by atoms with Crippen LogP contribution in [0.3, 0.4) is 0 Å². The molecule has 2 rings (SSSR count). The number of carbonyl (C=O) groups is 1. The van der Waals surface area contributed by atoms with Gasteiger partial charge < -0.3 is 5.32 Å². The minimum Gasteiger partial charge on any atom is -0.359 e. The fourth-order valence-corrected chi connectivity index (χ4v) is 3.48. The quantitative estimate of drug-likeness (QED) is 0.833. The van der Waals surface area contributed by atoms with Gasteiger partial charge >= 0.3 is 0 Å². The van der Waals surface area contributed by atoms with E-state index in [-0.39, 0.29) is 5.91 Å². The van der Waals surface area contributed by atoms with Gasteiger partial charge in [0.05, 0.1) is 12.1 Å². The highest BCUT2D eigenvalue weighted by Crippen LogP contribution is 2.26. The number of hydrogen-bond donors (Lipinski definition) is 1. The maximum absolute atomic E-state index is 11.2. The molecule has 19 heavy (non-hydrogen) atoms. The Morgan fingerprint density at radius 1 is 1.42 bits per heavy atom. The first-order chi connectivity index (χ1) is 9.17. The molecule has 0 aliphatic carbocycles. The Bertz CT molecular complexity index is 554. The summed E-state index contributed by atoms with van der Waals surface area (Å²) in [6.07, 6.45) is 0.353. The summed E-state index contributed by atoms with van der Waals surface area (Å²) in [6.45, 7) is 0. The number of nitrogens with zero attached hydrogens (tertiary/aromatic N) is 1. The van der Waals surface area contributed by atoms with Crippen LogP contribution in [0.5, 0.6) is 0 Å². The smallest absolute Gasteiger partial charge is 0.225 e. The van der Waals surface area contributed by atoms with E-state index >= 15 is 0 Å². The Morgan fingerprint density at radius 3 is 2.84 bits per heavy atom. The lowest BCUT2D eigenvalue weighted by atomic mass is 10.2. The second kappa shape index (κ2) is 7.07. The van der Waals surface area contributed by atoms with E-state index < -0.39 is 0 Å². The Morgan fingerprint density at radius 2 is 2.16 bits per heavy atom. The lowest BCUT2D eigenvalue weighted by molar-refractivity contribution is -0.120. The first-order valence-corrected chi connectivity index (χ1v) is 8.35. The van der Waals surface area contributed by atoms with Crippen molar-refractivity contribution in [1.82, 2.24) is 10.3 Å². The zero-order valence-corrected chi connectivity index (χ0v) is 13.6. The monoisotopic (exact) mass is 356 g/mol. The molecular weight excluding hydrogens is 344 g/mol. The van der Waals surface area contributed by atoms with E-state index in [1.165, 1.54) is 5.56 Å². The van der Waals surface area contributed by atoms with Crippen molar-refractivity contribution in [2.45, 2.75) is 16.5 Å². The van der Waals surface area contributed by atoms with Crippen LogP contribution in [0.4, 0.5) is 0 Å². The molecule has 0 aliphatic heterocycles. The van der Waals surface area contributed by atoms with Gasteiger partial charge in [-0.2, -0.15) is 0 Å². The van der Waals surface area contributed by atoms with E-state index in [0.717, 1.165) is 20.3 Å². The SMILES string of the molecule is CNC(=O)Cc1csc(SCc2ccc(Br)cc2)n1. The van der Waals surface area contributed by atoms with Gasteiger partial charge in [-0.05, 0) is 17.7 Å². The van der Waals surface area contributed by atoms with Crippen molar-refractivity contribution < 1.29 is 4.79 Å². The number of thioether (sulfide) groups is 1. The number of halogens is 1. The summed E-state index contributed by atoms with van der Waals surface area (Å²) in [7, 11) is 1.64. The van der Waals surface area contributed by atoms with Crippen molar-refractivity contribution in [1.29, 1.82) is 0 Å². The summed E-state index contributed by atoms with van der Waals surface area (Å²) in [4.78, 5) is 15.7. The second-order valence-corrected chi connectivity index (χ2v) is 6.87. The van der Waals surface area contributed by atoms with Gasteiger partial charge in [-0.25, -0.2) is 4.98 Å². The number of benzene rings is 1. The number of aromatic nitrogens is 1. The van der Waals surface area contributed by atoms with Crippen molar-refractivity contribution in [2.24, 2.45) is 0 Å². The lowest BCUT2D eigenvalue weighted by Gasteiger charge is -1.99. The Kier molecular flexibility index (Phi) is 5.42. The third kappa shape index (κ3) is 4.63. The molecule has 0 saturated carbocycles. The summed E-state index contributed by atoms with van der Waals surface area (Å²) >= 11 is 6.70. The standard InChI is InChI=1S/C13H13BrN2OS2/c1-15-12(17)6-11-8-19-13(16-11)18-7-9-2-4-10(14)5-3-9/h2-5,8H,6-7H2,1H3,(H,15,17). The second-order valence-electron chi connectivity index (χ2n) is 3.87. The molecule has 100 valence electrons. The molecule has 0 saturated heterocycles. The van der Waals surface area contributed by atoms with Crippen molar-refractivity contribution in [3.63, 3.8) is 0 Å². The van der Waals surface area contributed by atoms with Crippen LogP contribution in [-0.2, 0) is 17.0 Å². The molecule has 0 unspecified atom stereocenters. The van der Waals surface area contributed by atoms with Gasteiger partial charge in [-0.1, -0.05) is 39.8 Å². The van der Waals surface area contributed by atoms with Crippen LogP contribution < -0.4 is 5.32 Å². The molecule has 2 aromatic rings. The Labute approximate surface area is 129 Å². The summed E-state index contributed by atoms with van der Waals surface area (Å²) < 4.78 is 2.09. The first-order valence-electron chi connectivity index (χ1n) is 5.69.